The van der Waals surface area contributed by atoms with Crippen LogP contribution in [0.3, 0.4) is 0 Å². The molecule has 0 radical (unpaired) electrons. The minimum Gasteiger partial charge on any atom is -0.454 e. The van der Waals surface area contributed by atoms with Crippen LogP contribution in [0.1, 0.15) is 36.4 Å². The van der Waals surface area contributed by atoms with Gasteiger partial charge in [0.25, 0.3) is 0 Å². The predicted octanol–water partition coefficient (Wildman–Crippen LogP) is 1.27. The minimum absolute atomic E-state index is 0.0210. The molecule has 0 spiro atoms. The Morgan fingerprint density at radius 3 is 2.84 bits per heavy atom. The number of piperidine rings is 1. The number of carbonyl (C=O) groups is 2. The summed E-state index contributed by atoms with van der Waals surface area (Å²) in [4.78, 5) is 31.7. The average molecular weight is 438 g/mol. The van der Waals surface area contributed by atoms with E-state index in [0.717, 1.165) is 29.7 Å². The maximum atomic E-state index is 13.1. The first-order valence-corrected chi connectivity index (χ1v) is 11.0. The first-order valence-electron chi connectivity index (χ1n) is 11.0. The lowest BCUT2D eigenvalue weighted by Gasteiger charge is -2.33. The molecule has 3 unspecified atom stereocenters. The van der Waals surface area contributed by atoms with Crippen molar-refractivity contribution in [3.05, 3.63) is 53.9 Å². The topological polar surface area (TPSA) is 105 Å². The zero-order valence-electron chi connectivity index (χ0n) is 17.8. The molecule has 3 aliphatic rings. The summed E-state index contributed by atoms with van der Waals surface area (Å²) in [5.41, 5.74) is 8.39. The normalized spacial score (nSPS) is 24.4. The number of nitrogens with one attached hydrogen (secondary N) is 3. The molecule has 9 nitrogen and oxygen atoms in total. The highest BCUT2D eigenvalue weighted by atomic mass is 16.7. The van der Waals surface area contributed by atoms with Crippen LogP contribution in [-0.2, 0) is 16.1 Å². The summed E-state index contributed by atoms with van der Waals surface area (Å²) in [6.07, 6.45) is 5.78. The molecule has 3 N–H and O–H groups in total. The van der Waals surface area contributed by atoms with Crippen LogP contribution >= 0.6 is 0 Å². The molecule has 1 aromatic carbocycles. The Labute approximate surface area is 186 Å². The van der Waals surface area contributed by atoms with Crippen LogP contribution in [-0.4, -0.2) is 47.6 Å². The van der Waals surface area contributed by atoms with Crippen LogP contribution in [0.2, 0.25) is 0 Å². The molecule has 3 aliphatic heterocycles. The van der Waals surface area contributed by atoms with Gasteiger partial charge in [0, 0.05) is 38.1 Å². The summed E-state index contributed by atoms with van der Waals surface area (Å²) in [5, 5.41) is 3.01. The molecule has 168 valence electrons. The van der Waals surface area contributed by atoms with E-state index in [1.54, 1.807) is 12.4 Å². The Bertz CT molecular complexity index is 986. The van der Waals surface area contributed by atoms with Gasteiger partial charge in [-0.15, -0.1) is 0 Å². The van der Waals surface area contributed by atoms with Crippen molar-refractivity contribution >= 4 is 11.8 Å². The largest absolute Gasteiger partial charge is 0.454 e. The average Bonchev–Trinajstić information content (AvgIpc) is 3.52. The second-order valence-corrected chi connectivity index (χ2v) is 8.44. The molecular formula is C23H27N5O4. The second-order valence-electron chi connectivity index (χ2n) is 8.44. The highest BCUT2D eigenvalue weighted by Gasteiger charge is 2.36. The number of ether oxygens (including phenoxy) is 2. The molecule has 3 atom stereocenters. The van der Waals surface area contributed by atoms with E-state index in [1.807, 2.05) is 35.2 Å². The van der Waals surface area contributed by atoms with E-state index in [-0.39, 0.29) is 36.6 Å². The molecule has 32 heavy (non-hydrogen) atoms. The fraction of sp³-hybridized carbons (Fsp3) is 0.435. The highest BCUT2D eigenvalue weighted by Crippen LogP contribution is 2.32. The number of hydrogen-bond donors (Lipinski definition) is 3. The summed E-state index contributed by atoms with van der Waals surface area (Å²) in [5.74, 6) is 1.25. The SMILES string of the molecule is O=C(NCc1ccc2c(c1)OCO2)C1CCCN(C(=O)C2CC(c3ccncc3)NN2)C1. The Hall–Kier alpha value is -3.17. The van der Waals surface area contributed by atoms with Gasteiger partial charge in [0.15, 0.2) is 11.5 Å². The number of likely N-dealkylation sites (tertiary alicyclic amines) is 1. The predicted molar refractivity (Wildman–Crippen MR) is 115 cm³/mol. The van der Waals surface area contributed by atoms with Gasteiger partial charge in [0.05, 0.1) is 5.92 Å². The van der Waals surface area contributed by atoms with E-state index < -0.39 is 0 Å². The third kappa shape index (κ3) is 4.39. The fourth-order valence-electron chi connectivity index (χ4n) is 4.53. The molecule has 1 aromatic heterocycles. The minimum atomic E-state index is -0.302. The third-order valence-corrected chi connectivity index (χ3v) is 6.32. The molecule has 5 rings (SSSR count). The molecular weight excluding hydrogens is 410 g/mol. The number of amides is 2. The Morgan fingerprint density at radius 1 is 1.12 bits per heavy atom. The van der Waals surface area contributed by atoms with Crippen molar-refractivity contribution < 1.29 is 19.1 Å². The van der Waals surface area contributed by atoms with Gasteiger partial charge in [-0.05, 0) is 54.7 Å². The van der Waals surface area contributed by atoms with Crippen LogP contribution in [0.15, 0.2) is 42.7 Å². The Kier molecular flexibility index (Phi) is 5.91. The fourth-order valence-corrected chi connectivity index (χ4v) is 4.53. The van der Waals surface area contributed by atoms with Crippen molar-refractivity contribution in [2.45, 2.75) is 37.9 Å². The summed E-state index contributed by atoms with van der Waals surface area (Å²) in [7, 11) is 0. The monoisotopic (exact) mass is 437 g/mol. The van der Waals surface area contributed by atoms with Crippen molar-refractivity contribution in [1.82, 2.24) is 26.1 Å². The van der Waals surface area contributed by atoms with Crippen molar-refractivity contribution in [3.8, 4) is 11.5 Å². The highest BCUT2D eigenvalue weighted by molar-refractivity contribution is 5.84. The molecule has 0 saturated carbocycles. The Morgan fingerprint density at radius 2 is 1.97 bits per heavy atom. The van der Waals surface area contributed by atoms with Crippen molar-refractivity contribution in [2.24, 2.45) is 5.92 Å². The number of aromatic nitrogens is 1. The van der Waals surface area contributed by atoms with E-state index in [9.17, 15) is 9.59 Å². The Balaban J connectivity index is 1.14. The maximum absolute atomic E-state index is 13.1. The molecule has 9 heteroatoms. The van der Waals surface area contributed by atoms with Gasteiger partial charge in [-0.1, -0.05) is 6.07 Å². The quantitative estimate of drug-likeness (QED) is 0.647. The van der Waals surface area contributed by atoms with Crippen LogP contribution in [0.4, 0.5) is 0 Å². The van der Waals surface area contributed by atoms with E-state index in [1.165, 1.54) is 0 Å². The summed E-state index contributed by atoms with van der Waals surface area (Å²) in [6.45, 7) is 1.78. The number of benzene rings is 1. The maximum Gasteiger partial charge on any atom is 0.241 e. The molecule has 0 aliphatic carbocycles. The lowest BCUT2D eigenvalue weighted by Crippen LogP contribution is -2.51. The number of pyridine rings is 1. The van der Waals surface area contributed by atoms with Crippen molar-refractivity contribution in [1.29, 1.82) is 0 Å². The third-order valence-electron chi connectivity index (χ3n) is 6.32. The van der Waals surface area contributed by atoms with Crippen molar-refractivity contribution in [2.75, 3.05) is 19.9 Å². The van der Waals surface area contributed by atoms with E-state index in [0.29, 0.717) is 31.8 Å². The molecule has 0 bridgehead atoms. The molecule has 4 heterocycles. The van der Waals surface area contributed by atoms with E-state index in [2.05, 4.69) is 21.2 Å². The number of hydrazine groups is 1. The number of carbonyl (C=O) groups excluding carboxylic acids is 2. The first-order chi connectivity index (χ1) is 15.7. The number of nitrogens with zero attached hydrogens (tertiary/aromatic N) is 2. The van der Waals surface area contributed by atoms with Gasteiger partial charge < -0.3 is 19.7 Å². The molecule has 2 fully saturated rings. The molecule has 2 amide bonds. The van der Waals surface area contributed by atoms with Gasteiger partial charge in [-0.25, -0.2) is 10.9 Å². The lowest BCUT2D eigenvalue weighted by molar-refractivity contribution is -0.137. The van der Waals surface area contributed by atoms with Crippen LogP contribution in [0, 0.1) is 5.92 Å². The smallest absolute Gasteiger partial charge is 0.241 e. The van der Waals surface area contributed by atoms with Gasteiger partial charge in [-0.2, -0.15) is 0 Å². The van der Waals surface area contributed by atoms with Crippen LogP contribution in [0.5, 0.6) is 11.5 Å². The van der Waals surface area contributed by atoms with Crippen molar-refractivity contribution in [3.63, 3.8) is 0 Å². The van der Waals surface area contributed by atoms with Gasteiger partial charge in [0.2, 0.25) is 18.6 Å². The van der Waals surface area contributed by atoms with Crippen LogP contribution < -0.4 is 25.6 Å². The number of hydrogen-bond acceptors (Lipinski definition) is 7. The molecule has 2 aromatic rings. The number of rotatable bonds is 5. The summed E-state index contributed by atoms with van der Waals surface area (Å²) >= 11 is 0. The lowest BCUT2D eigenvalue weighted by atomic mass is 9.95. The second kappa shape index (κ2) is 9.13. The first kappa shape index (κ1) is 20.7. The number of fused-ring (bicyclic) bond motifs is 1. The van der Waals surface area contributed by atoms with Gasteiger partial charge >= 0.3 is 0 Å². The standard InChI is InChI=1S/C23H27N5O4/c29-22(25-12-15-3-4-20-21(10-15)32-14-31-20)17-2-1-9-28(13-17)23(30)19-11-18(26-27-19)16-5-7-24-8-6-16/h3-8,10,17-19,26-27H,1-2,9,11-14H2,(H,25,29). The zero-order valence-corrected chi connectivity index (χ0v) is 17.8. The van der Waals surface area contributed by atoms with E-state index >= 15 is 0 Å². The summed E-state index contributed by atoms with van der Waals surface area (Å²) < 4.78 is 10.7. The van der Waals surface area contributed by atoms with E-state index in [4.69, 9.17) is 9.47 Å². The van der Waals surface area contributed by atoms with Gasteiger partial charge in [-0.3, -0.25) is 14.6 Å². The molecule has 2 saturated heterocycles. The van der Waals surface area contributed by atoms with Gasteiger partial charge in [0.1, 0.15) is 6.04 Å². The van der Waals surface area contributed by atoms with Crippen LogP contribution in [0.25, 0.3) is 0 Å². The zero-order chi connectivity index (χ0) is 21.9. The summed E-state index contributed by atoms with van der Waals surface area (Å²) in [6, 6.07) is 9.33.